The maximum absolute atomic E-state index is 12.0. The van der Waals surface area contributed by atoms with Gasteiger partial charge in [-0.15, -0.1) is 0 Å². The predicted octanol–water partition coefficient (Wildman–Crippen LogP) is 1.54. The van der Waals surface area contributed by atoms with Crippen molar-refractivity contribution in [3.8, 4) is 0 Å². The number of hydrogen-bond donors (Lipinski definition) is 2. The Morgan fingerprint density at radius 3 is 2.95 bits per heavy atom. The zero-order valence-corrected chi connectivity index (χ0v) is 11.0. The molecule has 0 aliphatic carbocycles. The van der Waals surface area contributed by atoms with E-state index < -0.39 is 0 Å². The van der Waals surface area contributed by atoms with Gasteiger partial charge in [-0.05, 0) is 11.6 Å². The smallest absolute Gasteiger partial charge is 0.244 e. The molecule has 0 aliphatic rings. The van der Waals surface area contributed by atoms with Crippen molar-refractivity contribution in [2.75, 3.05) is 5.32 Å². The molecule has 5 nitrogen and oxygen atoms in total. The highest BCUT2D eigenvalue weighted by atomic mass is 16.1. The molecule has 0 radical (unpaired) electrons. The summed E-state index contributed by atoms with van der Waals surface area (Å²) in [6, 6.07) is 7.55. The maximum atomic E-state index is 12.0. The number of aromatic nitrogens is 2. The van der Waals surface area contributed by atoms with Crippen LogP contribution < -0.4 is 11.1 Å². The van der Waals surface area contributed by atoms with Crippen molar-refractivity contribution < 1.29 is 4.79 Å². The van der Waals surface area contributed by atoms with Crippen molar-refractivity contribution >= 4 is 11.6 Å². The second-order valence-corrected chi connectivity index (χ2v) is 4.23. The number of rotatable bonds is 5. The summed E-state index contributed by atoms with van der Waals surface area (Å²) in [7, 11) is 0. The lowest BCUT2D eigenvalue weighted by atomic mass is 10.2. The van der Waals surface area contributed by atoms with Crippen molar-refractivity contribution in [2.24, 2.45) is 5.73 Å². The predicted molar refractivity (Wildman–Crippen MR) is 74.6 cm³/mol. The largest absolute Gasteiger partial charge is 0.326 e. The highest BCUT2D eigenvalue weighted by molar-refractivity contribution is 5.91. The van der Waals surface area contributed by atoms with Gasteiger partial charge in [0.05, 0.1) is 0 Å². The van der Waals surface area contributed by atoms with Crippen molar-refractivity contribution in [1.82, 2.24) is 9.55 Å². The lowest BCUT2D eigenvalue weighted by molar-refractivity contribution is -0.116. The normalized spacial score (nSPS) is 10.4. The van der Waals surface area contributed by atoms with Crippen molar-refractivity contribution in [2.45, 2.75) is 26.4 Å². The highest BCUT2D eigenvalue weighted by Crippen LogP contribution is 2.14. The molecular weight excluding hydrogens is 240 g/mol. The Balaban J connectivity index is 2.05. The van der Waals surface area contributed by atoms with E-state index in [0.29, 0.717) is 6.54 Å². The van der Waals surface area contributed by atoms with E-state index in [1.165, 1.54) is 0 Å². The van der Waals surface area contributed by atoms with Gasteiger partial charge in [0, 0.05) is 31.0 Å². The number of aryl methyl sites for hydroxylation is 1. The van der Waals surface area contributed by atoms with Gasteiger partial charge in [-0.25, -0.2) is 4.98 Å². The third-order valence-corrected chi connectivity index (χ3v) is 2.94. The summed E-state index contributed by atoms with van der Waals surface area (Å²) in [4.78, 5) is 16.2. The lowest BCUT2D eigenvalue weighted by Gasteiger charge is -2.11. The monoisotopic (exact) mass is 258 g/mol. The van der Waals surface area contributed by atoms with E-state index in [2.05, 4.69) is 10.3 Å². The van der Waals surface area contributed by atoms with Gasteiger partial charge in [0.1, 0.15) is 12.4 Å². The summed E-state index contributed by atoms with van der Waals surface area (Å²) in [6.45, 7) is 2.68. The molecule has 0 aliphatic heterocycles. The van der Waals surface area contributed by atoms with Crippen LogP contribution in [0.4, 0.5) is 5.69 Å². The van der Waals surface area contributed by atoms with Crippen LogP contribution in [0.3, 0.4) is 0 Å². The summed E-state index contributed by atoms with van der Waals surface area (Å²) in [6.07, 6.45) is 4.33. The fourth-order valence-electron chi connectivity index (χ4n) is 1.96. The first kappa shape index (κ1) is 13.3. The number of para-hydroxylation sites is 1. The quantitative estimate of drug-likeness (QED) is 0.854. The number of hydrogen-bond acceptors (Lipinski definition) is 3. The van der Waals surface area contributed by atoms with E-state index in [1.807, 2.05) is 42.0 Å². The Kier molecular flexibility index (Phi) is 4.30. The average Bonchev–Trinajstić information content (AvgIpc) is 2.86. The fourth-order valence-corrected chi connectivity index (χ4v) is 1.96. The Labute approximate surface area is 112 Å². The molecule has 19 heavy (non-hydrogen) atoms. The number of amides is 1. The topological polar surface area (TPSA) is 72.9 Å². The zero-order chi connectivity index (χ0) is 13.7. The summed E-state index contributed by atoms with van der Waals surface area (Å²) < 4.78 is 1.85. The van der Waals surface area contributed by atoms with Crippen LogP contribution in [0.15, 0.2) is 36.7 Å². The van der Waals surface area contributed by atoms with Crippen LogP contribution in [0.1, 0.15) is 18.3 Å². The minimum Gasteiger partial charge on any atom is -0.326 e. The third kappa shape index (κ3) is 3.20. The second kappa shape index (κ2) is 6.15. The molecule has 0 bridgehead atoms. The summed E-state index contributed by atoms with van der Waals surface area (Å²) in [5.74, 6) is 0.830. The number of imidazole rings is 1. The fraction of sp³-hybridized carbons (Fsp3) is 0.286. The zero-order valence-electron chi connectivity index (χ0n) is 11.0. The number of carbonyl (C=O) groups is 1. The number of carbonyl (C=O) groups excluding carboxylic acids is 1. The Morgan fingerprint density at radius 1 is 1.42 bits per heavy atom. The molecule has 0 unspecified atom stereocenters. The molecule has 1 aromatic carbocycles. The molecule has 0 fully saturated rings. The molecule has 5 heteroatoms. The number of nitrogens with two attached hydrogens (primary N) is 1. The van der Waals surface area contributed by atoms with Gasteiger partial charge in [0.15, 0.2) is 0 Å². The van der Waals surface area contributed by atoms with E-state index in [0.717, 1.165) is 23.5 Å². The number of benzene rings is 1. The van der Waals surface area contributed by atoms with Gasteiger partial charge in [-0.2, -0.15) is 0 Å². The van der Waals surface area contributed by atoms with Crippen molar-refractivity contribution in [1.29, 1.82) is 0 Å². The van der Waals surface area contributed by atoms with Crippen LogP contribution >= 0.6 is 0 Å². The van der Waals surface area contributed by atoms with Crippen molar-refractivity contribution in [3.05, 3.63) is 48.0 Å². The van der Waals surface area contributed by atoms with Gasteiger partial charge in [0.2, 0.25) is 5.91 Å². The number of nitrogens with zero attached hydrogens (tertiary/aromatic N) is 2. The second-order valence-electron chi connectivity index (χ2n) is 4.23. The first-order valence-electron chi connectivity index (χ1n) is 6.32. The van der Waals surface area contributed by atoms with Crippen molar-refractivity contribution in [3.63, 3.8) is 0 Å². The van der Waals surface area contributed by atoms with Crippen LogP contribution in [0.5, 0.6) is 0 Å². The molecule has 1 heterocycles. The van der Waals surface area contributed by atoms with Crippen LogP contribution in [0.2, 0.25) is 0 Å². The summed E-state index contributed by atoms with van der Waals surface area (Å²) >= 11 is 0. The molecule has 3 N–H and O–H groups in total. The maximum Gasteiger partial charge on any atom is 0.244 e. The van der Waals surface area contributed by atoms with Gasteiger partial charge >= 0.3 is 0 Å². The first-order valence-corrected chi connectivity index (χ1v) is 6.32. The molecule has 2 rings (SSSR count). The Morgan fingerprint density at radius 2 is 2.21 bits per heavy atom. The molecule has 0 atom stereocenters. The van der Waals surface area contributed by atoms with E-state index in [-0.39, 0.29) is 12.5 Å². The molecular formula is C14H18N4O. The Hall–Kier alpha value is -2.14. The first-order chi connectivity index (χ1) is 9.24. The average molecular weight is 258 g/mol. The van der Waals surface area contributed by atoms with Gasteiger partial charge in [0.25, 0.3) is 0 Å². The lowest BCUT2D eigenvalue weighted by Crippen LogP contribution is -2.20. The molecule has 2 aromatic rings. The standard InChI is InChI=1S/C14H18N4O/c1-2-13-16-7-8-18(13)10-14(19)17-12-6-4-3-5-11(12)9-15/h3-8H,2,9-10,15H2,1H3,(H,17,19). The SMILES string of the molecule is CCc1nccn1CC(=O)Nc1ccccc1CN. The van der Waals surface area contributed by atoms with Gasteiger partial charge < -0.3 is 15.6 Å². The summed E-state index contributed by atoms with van der Waals surface area (Å²) in [5, 5.41) is 2.88. The van der Waals surface area contributed by atoms with Crippen LogP contribution in [0.25, 0.3) is 0 Å². The molecule has 1 aromatic heterocycles. The molecule has 0 spiro atoms. The molecule has 100 valence electrons. The van der Waals surface area contributed by atoms with Crippen LogP contribution in [0, 0.1) is 0 Å². The van der Waals surface area contributed by atoms with E-state index >= 15 is 0 Å². The molecule has 0 saturated heterocycles. The van der Waals surface area contributed by atoms with Gasteiger partial charge in [-0.3, -0.25) is 4.79 Å². The molecule has 1 amide bonds. The molecule has 0 saturated carbocycles. The van der Waals surface area contributed by atoms with E-state index in [4.69, 9.17) is 5.73 Å². The summed E-state index contributed by atoms with van der Waals surface area (Å²) in [5.41, 5.74) is 7.34. The van der Waals surface area contributed by atoms with E-state index in [1.54, 1.807) is 6.20 Å². The van der Waals surface area contributed by atoms with Gasteiger partial charge in [-0.1, -0.05) is 25.1 Å². The van der Waals surface area contributed by atoms with E-state index in [9.17, 15) is 4.79 Å². The highest BCUT2D eigenvalue weighted by Gasteiger charge is 2.08. The minimum absolute atomic E-state index is 0.0754. The Bertz CT molecular complexity index is 562. The minimum atomic E-state index is -0.0754. The van der Waals surface area contributed by atoms with Crippen LogP contribution in [-0.2, 0) is 24.3 Å². The van der Waals surface area contributed by atoms with Crippen LogP contribution in [-0.4, -0.2) is 15.5 Å². The number of nitrogens with one attached hydrogen (secondary N) is 1. The number of anilines is 1. The third-order valence-electron chi connectivity index (χ3n) is 2.94.